The fourth-order valence-corrected chi connectivity index (χ4v) is 3.59. The van der Waals surface area contributed by atoms with Crippen LogP contribution in [-0.4, -0.2) is 54.7 Å². The second kappa shape index (κ2) is 11.3. The third-order valence-corrected chi connectivity index (χ3v) is 5.56. The summed E-state index contributed by atoms with van der Waals surface area (Å²) in [6, 6.07) is 5.33. The average molecular weight is 591 g/mol. The standard InChI is InChI=1S/C22H18Cl2F6N2O6/c1-3-38-17(34)19(36,21(25,26)27)11-4-7-13(8-5-11)31-20(18(35)37-2,22(28,29)30)32-16(33)14-9-6-12(23)10-15(14)24/h4-10,31,36H,3H2,1-2H3,(H,32,33)/t19-,20+/m0/s1. The van der Waals surface area contributed by atoms with Crippen LogP contribution in [-0.2, 0) is 24.7 Å². The van der Waals surface area contributed by atoms with Crippen LogP contribution in [0.1, 0.15) is 22.8 Å². The quantitative estimate of drug-likeness (QED) is 0.234. The summed E-state index contributed by atoms with van der Waals surface area (Å²) in [6.07, 6.45) is -11.2. The molecule has 0 aliphatic rings. The highest BCUT2D eigenvalue weighted by Gasteiger charge is 2.64. The summed E-state index contributed by atoms with van der Waals surface area (Å²) in [6.45, 7) is 0.679. The Kier molecular flexibility index (Phi) is 9.18. The van der Waals surface area contributed by atoms with Crippen molar-refractivity contribution in [1.82, 2.24) is 5.32 Å². The largest absolute Gasteiger partial charge is 0.466 e. The minimum absolute atomic E-state index is 0.0569. The first-order valence-corrected chi connectivity index (χ1v) is 11.0. The van der Waals surface area contributed by atoms with Gasteiger partial charge in [-0.3, -0.25) is 4.79 Å². The highest BCUT2D eigenvalue weighted by Crippen LogP contribution is 2.41. The Balaban J connectivity index is 2.56. The van der Waals surface area contributed by atoms with Crippen molar-refractivity contribution in [1.29, 1.82) is 0 Å². The van der Waals surface area contributed by atoms with Crippen LogP contribution in [0.2, 0.25) is 10.0 Å². The molecular formula is C22H18Cl2F6N2O6. The van der Waals surface area contributed by atoms with Crippen molar-refractivity contribution in [3.8, 4) is 0 Å². The lowest BCUT2D eigenvalue weighted by Gasteiger charge is -2.35. The lowest BCUT2D eigenvalue weighted by Crippen LogP contribution is -2.69. The summed E-state index contributed by atoms with van der Waals surface area (Å²) < 4.78 is 92.0. The molecule has 0 fully saturated rings. The van der Waals surface area contributed by atoms with Crippen LogP contribution in [0.3, 0.4) is 0 Å². The van der Waals surface area contributed by atoms with Gasteiger partial charge in [0, 0.05) is 16.3 Å². The molecule has 2 rings (SSSR count). The van der Waals surface area contributed by atoms with Gasteiger partial charge >= 0.3 is 30.0 Å². The van der Waals surface area contributed by atoms with Gasteiger partial charge in [-0.05, 0) is 37.3 Å². The molecule has 0 radical (unpaired) electrons. The Hall–Kier alpha value is -3.23. The zero-order valence-electron chi connectivity index (χ0n) is 19.3. The number of benzene rings is 2. The lowest BCUT2D eigenvalue weighted by atomic mass is 9.92. The van der Waals surface area contributed by atoms with Crippen molar-refractivity contribution >= 4 is 46.7 Å². The van der Waals surface area contributed by atoms with E-state index in [0.29, 0.717) is 31.4 Å². The maximum atomic E-state index is 14.3. The van der Waals surface area contributed by atoms with Crippen molar-refractivity contribution in [3.63, 3.8) is 0 Å². The van der Waals surface area contributed by atoms with Crippen molar-refractivity contribution in [2.24, 2.45) is 0 Å². The van der Waals surface area contributed by atoms with Crippen LogP contribution in [0.15, 0.2) is 42.5 Å². The van der Waals surface area contributed by atoms with E-state index in [-0.39, 0.29) is 10.0 Å². The summed E-state index contributed by atoms with van der Waals surface area (Å²) in [5, 5.41) is 13.0. The molecule has 2 aromatic carbocycles. The van der Waals surface area contributed by atoms with Gasteiger partial charge in [0.05, 0.1) is 24.3 Å². The molecule has 2 aromatic rings. The van der Waals surface area contributed by atoms with Gasteiger partial charge in [0.1, 0.15) is 0 Å². The second-order valence-corrected chi connectivity index (χ2v) is 8.29. The van der Waals surface area contributed by atoms with E-state index >= 15 is 0 Å². The van der Waals surface area contributed by atoms with Crippen LogP contribution >= 0.6 is 23.2 Å². The third kappa shape index (κ3) is 5.92. The number of anilines is 1. The zero-order valence-corrected chi connectivity index (χ0v) is 20.8. The molecule has 0 saturated heterocycles. The van der Waals surface area contributed by atoms with Crippen LogP contribution < -0.4 is 10.6 Å². The van der Waals surface area contributed by atoms with Crippen LogP contribution in [0.25, 0.3) is 0 Å². The number of nitrogens with one attached hydrogen (secondary N) is 2. The molecule has 0 unspecified atom stereocenters. The normalized spacial score (nSPS) is 15.0. The molecule has 0 aromatic heterocycles. The Labute approximate surface area is 220 Å². The van der Waals surface area contributed by atoms with Crippen molar-refractivity contribution in [2.75, 3.05) is 19.0 Å². The van der Waals surface area contributed by atoms with E-state index < -0.39 is 64.9 Å². The van der Waals surface area contributed by atoms with E-state index in [9.17, 15) is 45.8 Å². The maximum Gasteiger partial charge on any atom is 0.441 e. The number of ether oxygens (including phenoxy) is 2. The minimum atomic E-state index is -5.59. The first kappa shape index (κ1) is 31.0. The zero-order chi connectivity index (χ0) is 29.1. The summed E-state index contributed by atoms with van der Waals surface area (Å²) in [7, 11) is 0.595. The van der Waals surface area contributed by atoms with E-state index in [4.69, 9.17) is 23.2 Å². The van der Waals surface area contributed by atoms with E-state index in [2.05, 4.69) is 9.47 Å². The monoisotopic (exact) mass is 590 g/mol. The Morgan fingerprint density at radius 1 is 0.921 bits per heavy atom. The molecule has 16 heteroatoms. The van der Waals surface area contributed by atoms with E-state index in [0.717, 1.165) is 18.2 Å². The molecule has 38 heavy (non-hydrogen) atoms. The van der Waals surface area contributed by atoms with Crippen LogP contribution in [0, 0.1) is 0 Å². The highest BCUT2D eigenvalue weighted by molar-refractivity contribution is 6.36. The van der Waals surface area contributed by atoms with Crippen LogP contribution in [0.4, 0.5) is 32.0 Å². The molecule has 1 amide bonds. The summed E-state index contributed by atoms with van der Waals surface area (Å²) in [5.74, 6) is -5.61. The van der Waals surface area contributed by atoms with Gasteiger partial charge in [-0.25, -0.2) is 9.59 Å². The van der Waals surface area contributed by atoms with Gasteiger partial charge in [0.15, 0.2) is 0 Å². The molecule has 0 spiro atoms. The maximum absolute atomic E-state index is 14.3. The molecule has 0 heterocycles. The Morgan fingerprint density at radius 2 is 1.50 bits per heavy atom. The van der Waals surface area contributed by atoms with Gasteiger partial charge in [0.2, 0.25) is 0 Å². The third-order valence-electron chi connectivity index (χ3n) is 5.01. The minimum Gasteiger partial charge on any atom is -0.466 e. The van der Waals surface area contributed by atoms with E-state index in [1.807, 2.05) is 0 Å². The van der Waals surface area contributed by atoms with E-state index in [1.54, 1.807) is 5.32 Å². The fourth-order valence-electron chi connectivity index (χ4n) is 3.10. The predicted octanol–water partition coefficient (Wildman–Crippen LogP) is 4.58. The number of carbonyl (C=O) groups excluding carboxylic acids is 3. The number of carbonyl (C=O) groups is 3. The van der Waals surface area contributed by atoms with Gasteiger partial charge in [0.25, 0.3) is 11.5 Å². The molecule has 0 aliphatic carbocycles. The van der Waals surface area contributed by atoms with Gasteiger partial charge < -0.3 is 25.2 Å². The summed E-state index contributed by atoms with van der Waals surface area (Å²) in [4.78, 5) is 37.0. The van der Waals surface area contributed by atoms with Crippen molar-refractivity contribution < 1.29 is 55.3 Å². The number of methoxy groups -OCH3 is 1. The number of alkyl halides is 6. The lowest BCUT2D eigenvalue weighted by molar-refractivity contribution is -0.267. The predicted molar refractivity (Wildman–Crippen MR) is 121 cm³/mol. The number of halogens is 8. The Morgan fingerprint density at radius 3 is 1.95 bits per heavy atom. The highest BCUT2D eigenvalue weighted by atomic mass is 35.5. The second-order valence-electron chi connectivity index (χ2n) is 7.45. The summed E-state index contributed by atoms with van der Waals surface area (Å²) in [5.41, 5.74) is -10.4. The van der Waals surface area contributed by atoms with E-state index in [1.165, 1.54) is 12.2 Å². The molecule has 3 N–H and O–H groups in total. The molecule has 0 aliphatic heterocycles. The van der Waals surface area contributed by atoms with Gasteiger partial charge in [-0.2, -0.15) is 26.3 Å². The topological polar surface area (TPSA) is 114 Å². The first-order valence-electron chi connectivity index (χ1n) is 10.2. The molecule has 2 atom stereocenters. The fraction of sp³-hybridized carbons (Fsp3) is 0.318. The number of hydrogen-bond donors (Lipinski definition) is 3. The Bertz CT molecular complexity index is 1210. The summed E-state index contributed by atoms with van der Waals surface area (Å²) >= 11 is 11.6. The SMILES string of the molecule is CCOC(=O)[C@@](O)(c1ccc(N[C@@](NC(=O)c2ccc(Cl)cc2Cl)(C(=O)OC)C(F)(F)F)cc1)C(F)(F)F. The molecule has 0 saturated carbocycles. The number of aliphatic hydroxyl groups is 1. The molecule has 208 valence electrons. The average Bonchev–Trinajstić information content (AvgIpc) is 2.81. The van der Waals surface area contributed by atoms with Gasteiger partial charge in [-0.1, -0.05) is 35.3 Å². The number of rotatable bonds is 8. The smallest absolute Gasteiger partial charge is 0.441 e. The molecule has 0 bridgehead atoms. The number of esters is 2. The number of amides is 1. The van der Waals surface area contributed by atoms with Gasteiger partial charge in [-0.15, -0.1) is 0 Å². The number of hydrogen-bond acceptors (Lipinski definition) is 7. The first-order chi connectivity index (χ1) is 17.4. The molecule has 8 nitrogen and oxygen atoms in total. The molecular weight excluding hydrogens is 573 g/mol. The van der Waals surface area contributed by atoms with Crippen molar-refractivity contribution in [3.05, 3.63) is 63.6 Å². The van der Waals surface area contributed by atoms with Crippen LogP contribution in [0.5, 0.6) is 0 Å². The van der Waals surface area contributed by atoms with Crippen molar-refractivity contribution in [2.45, 2.75) is 30.5 Å².